The molecule has 0 spiro atoms. The first-order valence-electron chi connectivity index (χ1n) is 10.5. The van der Waals surface area contributed by atoms with Gasteiger partial charge < -0.3 is 9.47 Å². The number of carbonyl (C=O) groups excluding carboxylic acids is 1. The maximum Gasteiger partial charge on any atom is 0.340 e. The molecule has 0 bridgehead atoms. The second-order valence-corrected chi connectivity index (χ2v) is 8.27. The van der Waals surface area contributed by atoms with Gasteiger partial charge in [-0.25, -0.2) is 18.0 Å². The van der Waals surface area contributed by atoms with Crippen LogP contribution in [0.4, 0.5) is 13.2 Å². The van der Waals surface area contributed by atoms with E-state index in [0.29, 0.717) is 11.3 Å². The number of benzene rings is 2. The normalized spacial score (nSPS) is 11.1. The van der Waals surface area contributed by atoms with Gasteiger partial charge in [0.25, 0.3) is 0 Å². The number of pyridine rings is 1. The van der Waals surface area contributed by atoms with Crippen molar-refractivity contribution in [2.45, 2.75) is 33.1 Å². The van der Waals surface area contributed by atoms with Crippen molar-refractivity contribution in [3.63, 3.8) is 0 Å². The molecule has 0 aliphatic heterocycles. The van der Waals surface area contributed by atoms with E-state index in [0.717, 1.165) is 13.0 Å². The van der Waals surface area contributed by atoms with Crippen molar-refractivity contribution in [2.24, 2.45) is 0 Å². The fourth-order valence-corrected chi connectivity index (χ4v) is 3.41. The fraction of sp³-hybridized carbons (Fsp3) is 0.269. The van der Waals surface area contributed by atoms with E-state index in [-0.39, 0.29) is 35.7 Å². The Morgan fingerprint density at radius 3 is 2.56 bits per heavy atom. The Kier molecular flexibility index (Phi) is 7.26. The van der Waals surface area contributed by atoms with Crippen LogP contribution in [0.1, 0.15) is 47.8 Å². The Morgan fingerprint density at radius 1 is 1.15 bits per heavy atom. The highest BCUT2D eigenvalue weighted by Crippen LogP contribution is 2.33. The minimum Gasteiger partial charge on any atom is -0.491 e. The van der Waals surface area contributed by atoms with Crippen LogP contribution in [0.2, 0.25) is 0 Å². The largest absolute Gasteiger partial charge is 0.491 e. The molecule has 0 saturated heterocycles. The number of nitriles is 1. The van der Waals surface area contributed by atoms with Gasteiger partial charge in [0.1, 0.15) is 17.6 Å². The lowest BCUT2D eigenvalue weighted by molar-refractivity contribution is 0.0527. The summed E-state index contributed by atoms with van der Waals surface area (Å²) < 4.78 is 53.5. The number of rotatable bonds is 7. The van der Waals surface area contributed by atoms with Crippen LogP contribution in [-0.4, -0.2) is 24.2 Å². The Morgan fingerprint density at radius 2 is 1.88 bits per heavy atom. The van der Waals surface area contributed by atoms with Gasteiger partial charge in [0.05, 0.1) is 30.0 Å². The van der Waals surface area contributed by atoms with E-state index in [1.165, 1.54) is 18.3 Å². The molecule has 0 fully saturated rings. The molecule has 34 heavy (non-hydrogen) atoms. The van der Waals surface area contributed by atoms with Crippen LogP contribution in [0.3, 0.4) is 0 Å². The SMILES string of the molecule is CCOC(=O)c1cccnc1-c1ccc(OCC(C)(C)c2cc(F)c(C)c(F)c2F)c(C#N)c1. The smallest absolute Gasteiger partial charge is 0.340 e. The Hall–Kier alpha value is -3.86. The first-order valence-corrected chi connectivity index (χ1v) is 10.5. The lowest BCUT2D eigenvalue weighted by Gasteiger charge is -2.27. The van der Waals surface area contributed by atoms with Gasteiger partial charge in [0.2, 0.25) is 0 Å². The number of aromatic nitrogens is 1. The highest BCUT2D eigenvalue weighted by Gasteiger charge is 2.30. The van der Waals surface area contributed by atoms with Crippen molar-refractivity contribution < 1.29 is 27.4 Å². The molecule has 0 radical (unpaired) electrons. The second-order valence-electron chi connectivity index (χ2n) is 8.27. The summed E-state index contributed by atoms with van der Waals surface area (Å²) >= 11 is 0. The molecule has 0 saturated carbocycles. The van der Waals surface area contributed by atoms with E-state index in [9.17, 15) is 23.2 Å². The van der Waals surface area contributed by atoms with E-state index in [1.54, 1.807) is 39.0 Å². The van der Waals surface area contributed by atoms with E-state index in [1.807, 2.05) is 6.07 Å². The summed E-state index contributed by atoms with van der Waals surface area (Å²) in [5, 5.41) is 9.65. The summed E-state index contributed by atoms with van der Waals surface area (Å²) in [4.78, 5) is 16.5. The minimum absolute atomic E-state index is 0.149. The van der Waals surface area contributed by atoms with Gasteiger partial charge in [0.15, 0.2) is 11.6 Å². The molecule has 0 N–H and O–H groups in total. The van der Waals surface area contributed by atoms with E-state index >= 15 is 0 Å². The zero-order chi connectivity index (χ0) is 25.0. The third kappa shape index (κ3) is 4.88. The third-order valence-electron chi connectivity index (χ3n) is 5.38. The lowest BCUT2D eigenvalue weighted by atomic mass is 9.84. The number of halogens is 3. The summed E-state index contributed by atoms with van der Waals surface area (Å²) in [5.74, 6) is -3.56. The summed E-state index contributed by atoms with van der Waals surface area (Å²) in [7, 11) is 0. The molecule has 0 aliphatic rings. The van der Waals surface area contributed by atoms with Crippen LogP contribution < -0.4 is 4.74 Å². The van der Waals surface area contributed by atoms with Crippen LogP contribution in [0.15, 0.2) is 42.6 Å². The van der Waals surface area contributed by atoms with Crippen molar-refractivity contribution in [1.82, 2.24) is 4.98 Å². The average molecular weight is 468 g/mol. The van der Waals surface area contributed by atoms with Crippen molar-refractivity contribution in [3.05, 3.63) is 82.3 Å². The summed E-state index contributed by atoms with van der Waals surface area (Å²) in [6.45, 7) is 6.07. The van der Waals surface area contributed by atoms with Crippen LogP contribution in [0.25, 0.3) is 11.3 Å². The Labute approximate surface area is 195 Å². The molecule has 0 aliphatic carbocycles. The standard InChI is InChI=1S/C26H23F3N2O3/c1-5-33-25(32)18-7-6-10-31-24(18)16-8-9-21(17(11-16)13-30)34-14-26(3,4)19-12-20(27)15(2)22(28)23(19)29/h6-12H,5,14H2,1-4H3. The van der Waals surface area contributed by atoms with Gasteiger partial charge in [-0.1, -0.05) is 13.8 Å². The third-order valence-corrected chi connectivity index (χ3v) is 5.38. The minimum atomic E-state index is -1.24. The maximum absolute atomic E-state index is 14.5. The molecule has 176 valence electrons. The lowest BCUT2D eigenvalue weighted by Crippen LogP contribution is -2.28. The summed E-state index contributed by atoms with van der Waals surface area (Å²) in [6.07, 6.45) is 1.52. The number of hydrogen-bond acceptors (Lipinski definition) is 5. The first kappa shape index (κ1) is 24.8. The molecule has 1 heterocycles. The Balaban J connectivity index is 1.90. The molecule has 1 aromatic heterocycles. The van der Waals surface area contributed by atoms with Gasteiger partial charge in [-0.05, 0) is 50.2 Å². The van der Waals surface area contributed by atoms with E-state index < -0.39 is 34.4 Å². The van der Waals surface area contributed by atoms with Crippen LogP contribution in [-0.2, 0) is 10.2 Å². The van der Waals surface area contributed by atoms with Gasteiger partial charge >= 0.3 is 5.97 Å². The zero-order valence-electron chi connectivity index (χ0n) is 19.2. The van der Waals surface area contributed by atoms with Crippen molar-refractivity contribution in [3.8, 4) is 23.1 Å². The van der Waals surface area contributed by atoms with Gasteiger partial charge in [0, 0.05) is 28.3 Å². The number of ether oxygens (including phenoxy) is 2. The fourth-order valence-electron chi connectivity index (χ4n) is 3.41. The number of esters is 1. The van der Waals surface area contributed by atoms with Crippen molar-refractivity contribution in [1.29, 1.82) is 5.26 Å². The van der Waals surface area contributed by atoms with Gasteiger partial charge in [-0.2, -0.15) is 5.26 Å². The predicted molar refractivity (Wildman–Crippen MR) is 120 cm³/mol. The van der Waals surface area contributed by atoms with Gasteiger partial charge in [-0.3, -0.25) is 4.98 Å². The molecule has 2 aromatic carbocycles. The van der Waals surface area contributed by atoms with Crippen LogP contribution in [0, 0.1) is 35.7 Å². The maximum atomic E-state index is 14.5. The summed E-state index contributed by atoms with van der Waals surface area (Å²) in [6, 6.07) is 10.8. The molecule has 5 nitrogen and oxygen atoms in total. The Bertz CT molecular complexity index is 1280. The van der Waals surface area contributed by atoms with Crippen LogP contribution in [0.5, 0.6) is 5.75 Å². The van der Waals surface area contributed by atoms with Gasteiger partial charge in [-0.15, -0.1) is 0 Å². The number of carbonyl (C=O) groups is 1. The molecule has 3 aromatic rings. The van der Waals surface area contributed by atoms with E-state index in [4.69, 9.17) is 9.47 Å². The molecule has 0 amide bonds. The molecule has 0 unspecified atom stereocenters. The topological polar surface area (TPSA) is 72.2 Å². The molecule has 8 heteroatoms. The monoisotopic (exact) mass is 468 g/mol. The van der Waals surface area contributed by atoms with Crippen molar-refractivity contribution >= 4 is 5.97 Å². The highest BCUT2D eigenvalue weighted by molar-refractivity contribution is 5.96. The summed E-state index contributed by atoms with van der Waals surface area (Å²) in [5.41, 5.74) is -0.425. The van der Waals surface area contributed by atoms with Crippen LogP contribution >= 0.6 is 0 Å². The van der Waals surface area contributed by atoms with Crippen molar-refractivity contribution in [2.75, 3.05) is 13.2 Å². The molecular weight excluding hydrogens is 445 g/mol. The number of hydrogen-bond donors (Lipinski definition) is 0. The van der Waals surface area contributed by atoms with E-state index in [2.05, 4.69) is 4.98 Å². The molecule has 0 atom stereocenters. The average Bonchev–Trinajstić information content (AvgIpc) is 2.83. The molecular formula is C26H23F3N2O3. The highest BCUT2D eigenvalue weighted by atomic mass is 19.2. The second kappa shape index (κ2) is 9.96. The first-order chi connectivity index (χ1) is 16.1. The molecule has 3 rings (SSSR count). The number of nitrogens with zero attached hydrogens (tertiary/aromatic N) is 2. The zero-order valence-corrected chi connectivity index (χ0v) is 19.2. The predicted octanol–water partition coefficient (Wildman–Crippen LogP) is 5.88. The quantitative estimate of drug-likeness (QED) is 0.320.